The van der Waals surface area contributed by atoms with Gasteiger partial charge in [-0.2, -0.15) is 0 Å². The maximum atomic E-state index is 11.9. The molecule has 1 aromatic heterocycles. The van der Waals surface area contributed by atoms with Crippen LogP contribution < -0.4 is 5.32 Å². The Morgan fingerprint density at radius 3 is 2.91 bits per heavy atom. The third-order valence-corrected chi connectivity index (χ3v) is 4.41. The number of carbonyl (C=O) groups is 2. The largest absolute Gasteiger partial charge is 0.358 e. The van der Waals surface area contributed by atoms with Crippen molar-refractivity contribution in [3.63, 3.8) is 0 Å². The topological polar surface area (TPSA) is 62.0 Å². The van der Waals surface area contributed by atoms with Crippen molar-refractivity contribution in [2.24, 2.45) is 0 Å². The molecule has 1 atom stereocenters. The molecule has 0 aliphatic heterocycles. The van der Waals surface area contributed by atoms with Gasteiger partial charge in [0.05, 0.1) is 0 Å². The molecule has 1 unspecified atom stereocenters. The van der Waals surface area contributed by atoms with Gasteiger partial charge in [0, 0.05) is 41.9 Å². The molecule has 0 spiro atoms. The standard InChI is InChI=1S/C18H22N2O2/c1-11-3-7-16-15(9-11)14-6-5-13(10-17(14)20-16)19-18(22)8-4-12(2)21/h3,7,9,13,20H,4-6,8,10H2,1-2H3,(H,19,22). The highest BCUT2D eigenvalue weighted by Crippen LogP contribution is 2.29. The molecular formula is C18H22N2O2. The molecule has 116 valence electrons. The van der Waals surface area contributed by atoms with Crippen molar-refractivity contribution >= 4 is 22.6 Å². The minimum absolute atomic E-state index is 0.0180. The summed E-state index contributed by atoms with van der Waals surface area (Å²) < 4.78 is 0. The Bertz CT molecular complexity index is 730. The number of nitrogens with one attached hydrogen (secondary N) is 2. The molecule has 0 bridgehead atoms. The van der Waals surface area contributed by atoms with E-state index in [0.29, 0.717) is 12.8 Å². The molecule has 4 nitrogen and oxygen atoms in total. The van der Waals surface area contributed by atoms with E-state index in [0.717, 1.165) is 19.3 Å². The molecule has 1 aromatic carbocycles. The first-order valence-corrected chi connectivity index (χ1v) is 7.92. The zero-order chi connectivity index (χ0) is 15.7. The molecule has 22 heavy (non-hydrogen) atoms. The molecule has 0 saturated heterocycles. The first-order chi connectivity index (χ1) is 10.5. The summed E-state index contributed by atoms with van der Waals surface area (Å²) in [5.74, 6) is 0.0441. The van der Waals surface area contributed by atoms with E-state index in [1.807, 2.05) is 0 Å². The number of aryl methyl sites for hydroxylation is 2. The van der Waals surface area contributed by atoms with Gasteiger partial charge < -0.3 is 15.1 Å². The first kappa shape index (κ1) is 14.8. The third kappa shape index (κ3) is 3.06. The summed E-state index contributed by atoms with van der Waals surface area (Å²) in [5, 5.41) is 4.38. The number of fused-ring (bicyclic) bond motifs is 3. The minimum atomic E-state index is -0.0180. The lowest BCUT2D eigenvalue weighted by Gasteiger charge is -2.23. The Hall–Kier alpha value is -2.10. The van der Waals surface area contributed by atoms with Crippen molar-refractivity contribution < 1.29 is 9.59 Å². The second kappa shape index (κ2) is 5.95. The lowest BCUT2D eigenvalue weighted by molar-refractivity contribution is -0.125. The van der Waals surface area contributed by atoms with Gasteiger partial charge in [0.2, 0.25) is 5.91 Å². The monoisotopic (exact) mass is 298 g/mol. The Morgan fingerprint density at radius 1 is 1.32 bits per heavy atom. The van der Waals surface area contributed by atoms with E-state index in [1.165, 1.54) is 34.6 Å². The fourth-order valence-corrected chi connectivity index (χ4v) is 3.26. The predicted molar refractivity (Wildman–Crippen MR) is 86.9 cm³/mol. The van der Waals surface area contributed by atoms with Crippen LogP contribution in [0.3, 0.4) is 0 Å². The van der Waals surface area contributed by atoms with Crippen LogP contribution >= 0.6 is 0 Å². The van der Waals surface area contributed by atoms with E-state index in [1.54, 1.807) is 0 Å². The number of H-pyrrole nitrogens is 1. The molecular weight excluding hydrogens is 276 g/mol. The lowest BCUT2D eigenvalue weighted by atomic mass is 9.91. The SMILES string of the molecule is CC(=O)CCC(=O)NC1CCc2c([nH]c3ccc(C)cc23)C1. The van der Waals surface area contributed by atoms with E-state index < -0.39 is 0 Å². The van der Waals surface area contributed by atoms with E-state index in [4.69, 9.17) is 0 Å². The molecule has 4 heteroatoms. The molecule has 0 radical (unpaired) electrons. The highest BCUT2D eigenvalue weighted by Gasteiger charge is 2.23. The van der Waals surface area contributed by atoms with Gasteiger partial charge in [-0.15, -0.1) is 0 Å². The third-order valence-electron chi connectivity index (χ3n) is 4.41. The number of carbonyl (C=O) groups excluding carboxylic acids is 2. The van der Waals surface area contributed by atoms with Gasteiger partial charge in [-0.3, -0.25) is 4.79 Å². The minimum Gasteiger partial charge on any atom is -0.358 e. The van der Waals surface area contributed by atoms with Crippen LogP contribution in [0, 0.1) is 6.92 Å². The molecule has 2 aromatic rings. The highest BCUT2D eigenvalue weighted by atomic mass is 16.2. The number of hydrogen-bond acceptors (Lipinski definition) is 2. The number of Topliss-reactive ketones (excluding diaryl/α,β-unsaturated/α-hetero) is 1. The molecule has 0 fully saturated rings. The quantitative estimate of drug-likeness (QED) is 0.911. The molecule has 1 heterocycles. The molecule has 0 saturated carbocycles. The van der Waals surface area contributed by atoms with Gasteiger partial charge in [-0.25, -0.2) is 0 Å². The summed E-state index contributed by atoms with van der Waals surface area (Å²) in [6.07, 6.45) is 3.41. The van der Waals surface area contributed by atoms with Crippen LogP contribution in [-0.4, -0.2) is 22.7 Å². The van der Waals surface area contributed by atoms with Crippen molar-refractivity contribution in [1.29, 1.82) is 0 Å². The number of hydrogen-bond donors (Lipinski definition) is 2. The lowest BCUT2D eigenvalue weighted by Crippen LogP contribution is -2.38. The number of ketones is 1. The number of aromatic amines is 1. The Kier molecular flexibility index (Phi) is 4.01. The van der Waals surface area contributed by atoms with Crippen molar-refractivity contribution in [3.05, 3.63) is 35.0 Å². The van der Waals surface area contributed by atoms with Gasteiger partial charge in [0.25, 0.3) is 0 Å². The summed E-state index contributed by atoms with van der Waals surface area (Å²) in [7, 11) is 0. The van der Waals surface area contributed by atoms with Crippen LogP contribution in [0.2, 0.25) is 0 Å². The number of rotatable bonds is 4. The summed E-state index contributed by atoms with van der Waals surface area (Å²) in [5.41, 5.74) is 5.09. The fourth-order valence-electron chi connectivity index (χ4n) is 3.26. The molecule has 1 aliphatic rings. The van der Waals surface area contributed by atoms with Crippen LogP contribution in [0.4, 0.5) is 0 Å². The second-order valence-electron chi connectivity index (χ2n) is 6.34. The zero-order valence-corrected chi connectivity index (χ0v) is 13.2. The predicted octanol–water partition coefficient (Wildman–Crippen LogP) is 2.82. The van der Waals surface area contributed by atoms with E-state index in [2.05, 4.69) is 35.4 Å². The van der Waals surface area contributed by atoms with Crippen LogP contribution in [0.1, 0.15) is 43.0 Å². The maximum Gasteiger partial charge on any atom is 0.220 e. The highest BCUT2D eigenvalue weighted by molar-refractivity contribution is 5.86. The van der Waals surface area contributed by atoms with Crippen LogP contribution in [0.15, 0.2) is 18.2 Å². The average Bonchev–Trinajstić information content (AvgIpc) is 2.82. The van der Waals surface area contributed by atoms with Crippen LogP contribution in [0.25, 0.3) is 10.9 Å². The zero-order valence-electron chi connectivity index (χ0n) is 13.2. The smallest absolute Gasteiger partial charge is 0.220 e. The Balaban J connectivity index is 1.70. The number of benzene rings is 1. The summed E-state index contributed by atoms with van der Waals surface area (Å²) in [6, 6.07) is 6.65. The normalized spacial score (nSPS) is 17.3. The molecule has 2 N–H and O–H groups in total. The number of aromatic nitrogens is 1. The summed E-state index contributed by atoms with van der Waals surface area (Å²) in [4.78, 5) is 26.3. The summed E-state index contributed by atoms with van der Waals surface area (Å²) >= 11 is 0. The molecule has 1 aliphatic carbocycles. The first-order valence-electron chi connectivity index (χ1n) is 7.92. The Morgan fingerprint density at radius 2 is 2.14 bits per heavy atom. The van der Waals surface area contributed by atoms with E-state index in [9.17, 15) is 9.59 Å². The van der Waals surface area contributed by atoms with Crippen molar-refractivity contribution in [2.75, 3.05) is 0 Å². The van der Waals surface area contributed by atoms with Crippen molar-refractivity contribution in [3.8, 4) is 0 Å². The molecule has 1 amide bonds. The van der Waals surface area contributed by atoms with Gasteiger partial charge in [-0.1, -0.05) is 11.6 Å². The van der Waals surface area contributed by atoms with Gasteiger partial charge in [0.15, 0.2) is 0 Å². The van der Waals surface area contributed by atoms with Crippen molar-refractivity contribution in [2.45, 2.75) is 52.0 Å². The summed E-state index contributed by atoms with van der Waals surface area (Å²) in [6.45, 7) is 3.63. The second-order valence-corrected chi connectivity index (χ2v) is 6.34. The van der Waals surface area contributed by atoms with Crippen molar-refractivity contribution in [1.82, 2.24) is 10.3 Å². The fraction of sp³-hybridized carbons (Fsp3) is 0.444. The van der Waals surface area contributed by atoms with Gasteiger partial charge in [0.1, 0.15) is 5.78 Å². The van der Waals surface area contributed by atoms with E-state index in [-0.39, 0.29) is 17.7 Å². The van der Waals surface area contributed by atoms with E-state index >= 15 is 0 Å². The Labute approximate surface area is 130 Å². The maximum absolute atomic E-state index is 11.9. The van der Waals surface area contributed by atoms with Crippen LogP contribution in [-0.2, 0) is 22.4 Å². The van der Waals surface area contributed by atoms with Gasteiger partial charge in [-0.05, 0) is 44.4 Å². The van der Waals surface area contributed by atoms with Crippen LogP contribution in [0.5, 0.6) is 0 Å². The molecule has 3 rings (SSSR count). The number of amides is 1. The average molecular weight is 298 g/mol. The van der Waals surface area contributed by atoms with Gasteiger partial charge >= 0.3 is 0 Å².